The fraction of sp³-hybridized carbons (Fsp3) is 0.143. The first-order chi connectivity index (χ1) is 8.48. The molecule has 4 heteroatoms. The second-order valence-corrected chi connectivity index (χ2v) is 6.17. The van der Waals surface area contributed by atoms with Crippen LogP contribution in [0.25, 0.3) is 0 Å². The van der Waals surface area contributed by atoms with E-state index < -0.39 is 15.9 Å². The molecule has 0 aliphatic rings. The maximum absolute atomic E-state index is 11.5. The van der Waals surface area contributed by atoms with Crippen molar-refractivity contribution in [3.05, 3.63) is 65.7 Å². The molecule has 2 aromatic rings. The quantitative estimate of drug-likeness (QED) is 0.922. The summed E-state index contributed by atoms with van der Waals surface area (Å²) in [4.78, 5) is 0.218. The van der Waals surface area contributed by atoms with E-state index in [-0.39, 0.29) is 4.90 Å². The smallest absolute Gasteiger partial charge is 0.175 e. The number of rotatable bonds is 3. The predicted molar refractivity (Wildman–Crippen MR) is 70.1 cm³/mol. The van der Waals surface area contributed by atoms with Crippen LogP contribution >= 0.6 is 0 Å². The molecular weight excluding hydrogens is 248 g/mol. The van der Waals surface area contributed by atoms with E-state index in [0.717, 1.165) is 11.8 Å². The molecule has 94 valence electrons. The Morgan fingerprint density at radius 2 is 1.56 bits per heavy atom. The van der Waals surface area contributed by atoms with Gasteiger partial charge in [-0.05, 0) is 23.3 Å². The van der Waals surface area contributed by atoms with E-state index in [1.54, 1.807) is 24.3 Å². The molecule has 0 aliphatic carbocycles. The van der Waals surface area contributed by atoms with Gasteiger partial charge in [0.2, 0.25) is 0 Å². The van der Waals surface area contributed by atoms with Crippen LogP contribution in [-0.2, 0) is 9.84 Å². The normalized spacial score (nSPS) is 13.2. The van der Waals surface area contributed by atoms with E-state index >= 15 is 0 Å². The number of aliphatic hydroxyl groups is 1. The molecule has 1 atom stereocenters. The first kappa shape index (κ1) is 12.8. The molecule has 0 saturated carbocycles. The lowest BCUT2D eigenvalue weighted by Gasteiger charge is -2.12. The first-order valence-electron chi connectivity index (χ1n) is 5.51. The Morgan fingerprint density at radius 3 is 2.17 bits per heavy atom. The Labute approximate surface area is 107 Å². The van der Waals surface area contributed by atoms with Gasteiger partial charge >= 0.3 is 0 Å². The van der Waals surface area contributed by atoms with Crippen LogP contribution in [0.3, 0.4) is 0 Å². The van der Waals surface area contributed by atoms with Crippen molar-refractivity contribution in [3.8, 4) is 0 Å². The summed E-state index contributed by atoms with van der Waals surface area (Å²) in [5.74, 6) is 0. The summed E-state index contributed by atoms with van der Waals surface area (Å²) in [6.07, 6.45) is 0.342. The Bertz CT molecular complexity index is 633. The zero-order valence-electron chi connectivity index (χ0n) is 9.95. The van der Waals surface area contributed by atoms with Gasteiger partial charge in [-0.3, -0.25) is 0 Å². The van der Waals surface area contributed by atoms with Crippen molar-refractivity contribution in [2.24, 2.45) is 0 Å². The molecule has 1 unspecified atom stereocenters. The van der Waals surface area contributed by atoms with Crippen molar-refractivity contribution in [1.29, 1.82) is 0 Å². The molecule has 1 N–H and O–H groups in total. The second-order valence-electron chi connectivity index (χ2n) is 4.16. The Morgan fingerprint density at radius 1 is 0.944 bits per heavy atom. The average Bonchev–Trinajstić information content (AvgIpc) is 2.38. The summed E-state index contributed by atoms with van der Waals surface area (Å²) >= 11 is 0. The lowest BCUT2D eigenvalue weighted by Crippen LogP contribution is -2.02. The van der Waals surface area contributed by atoms with E-state index in [0.29, 0.717) is 5.56 Å². The highest BCUT2D eigenvalue weighted by molar-refractivity contribution is 7.90. The molecular formula is C14H14O3S. The largest absolute Gasteiger partial charge is 0.384 e. The van der Waals surface area contributed by atoms with E-state index in [1.165, 1.54) is 12.1 Å². The number of aliphatic hydroxyl groups excluding tert-OH is 1. The molecule has 0 radical (unpaired) electrons. The molecule has 2 aromatic carbocycles. The zero-order chi connectivity index (χ0) is 13.2. The topological polar surface area (TPSA) is 54.4 Å². The van der Waals surface area contributed by atoms with Crippen LogP contribution in [0.2, 0.25) is 0 Å². The minimum Gasteiger partial charge on any atom is -0.384 e. The van der Waals surface area contributed by atoms with Gasteiger partial charge in [-0.15, -0.1) is 0 Å². The van der Waals surface area contributed by atoms with Gasteiger partial charge in [0.1, 0.15) is 6.10 Å². The fourth-order valence-corrected chi connectivity index (χ4v) is 2.42. The van der Waals surface area contributed by atoms with Crippen LogP contribution < -0.4 is 0 Å². The van der Waals surface area contributed by atoms with Crippen LogP contribution in [0, 0.1) is 0 Å². The Kier molecular flexibility index (Phi) is 3.50. The lowest BCUT2D eigenvalue weighted by atomic mass is 10.0. The van der Waals surface area contributed by atoms with Crippen LogP contribution in [0.4, 0.5) is 0 Å². The van der Waals surface area contributed by atoms with Crippen molar-refractivity contribution >= 4 is 9.84 Å². The summed E-state index contributed by atoms with van der Waals surface area (Å²) in [5, 5.41) is 10.2. The highest BCUT2D eigenvalue weighted by Crippen LogP contribution is 2.23. The van der Waals surface area contributed by atoms with Crippen molar-refractivity contribution in [3.63, 3.8) is 0 Å². The standard InChI is InChI=1S/C14H14O3S/c1-18(16,17)13-9-5-8-12(10-13)14(15)11-6-3-2-4-7-11/h2-10,14-15H,1H3. The Hall–Kier alpha value is -1.65. The fourth-order valence-electron chi connectivity index (χ4n) is 1.74. The van der Waals surface area contributed by atoms with Gasteiger partial charge in [-0.1, -0.05) is 42.5 Å². The monoisotopic (exact) mass is 262 g/mol. The molecule has 0 fully saturated rings. The molecule has 0 heterocycles. The van der Waals surface area contributed by atoms with Crippen molar-refractivity contribution in [2.45, 2.75) is 11.0 Å². The van der Waals surface area contributed by atoms with Gasteiger partial charge in [0.05, 0.1) is 4.90 Å². The number of sulfone groups is 1. The molecule has 0 saturated heterocycles. The minimum absolute atomic E-state index is 0.218. The van der Waals surface area contributed by atoms with Gasteiger partial charge < -0.3 is 5.11 Å². The van der Waals surface area contributed by atoms with Crippen LogP contribution in [0.15, 0.2) is 59.5 Å². The van der Waals surface area contributed by atoms with E-state index in [4.69, 9.17) is 0 Å². The van der Waals surface area contributed by atoms with Crippen LogP contribution in [0.5, 0.6) is 0 Å². The number of hydrogen-bond donors (Lipinski definition) is 1. The average molecular weight is 262 g/mol. The molecule has 0 aliphatic heterocycles. The highest BCUT2D eigenvalue weighted by Gasteiger charge is 2.13. The van der Waals surface area contributed by atoms with E-state index in [1.807, 2.05) is 18.2 Å². The molecule has 0 aromatic heterocycles. The third-order valence-electron chi connectivity index (χ3n) is 2.72. The Balaban J connectivity index is 2.41. The molecule has 0 bridgehead atoms. The highest BCUT2D eigenvalue weighted by atomic mass is 32.2. The van der Waals surface area contributed by atoms with E-state index in [9.17, 15) is 13.5 Å². The van der Waals surface area contributed by atoms with E-state index in [2.05, 4.69) is 0 Å². The van der Waals surface area contributed by atoms with Crippen LogP contribution in [-0.4, -0.2) is 19.8 Å². The second kappa shape index (κ2) is 4.92. The zero-order valence-corrected chi connectivity index (χ0v) is 10.8. The van der Waals surface area contributed by atoms with Crippen molar-refractivity contribution in [2.75, 3.05) is 6.26 Å². The van der Waals surface area contributed by atoms with Gasteiger partial charge in [-0.25, -0.2) is 8.42 Å². The third-order valence-corrected chi connectivity index (χ3v) is 3.83. The van der Waals surface area contributed by atoms with Gasteiger partial charge in [0.25, 0.3) is 0 Å². The maximum Gasteiger partial charge on any atom is 0.175 e. The first-order valence-corrected chi connectivity index (χ1v) is 7.40. The summed E-state index contributed by atoms with van der Waals surface area (Å²) < 4.78 is 22.9. The summed E-state index contributed by atoms with van der Waals surface area (Å²) in [5.41, 5.74) is 1.31. The molecule has 0 amide bonds. The SMILES string of the molecule is CS(=O)(=O)c1cccc(C(O)c2ccccc2)c1. The molecule has 3 nitrogen and oxygen atoms in total. The summed E-state index contributed by atoms with van der Waals surface area (Å²) in [7, 11) is -3.25. The third kappa shape index (κ3) is 2.78. The lowest BCUT2D eigenvalue weighted by molar-refractivity contribution is 0.220. The molecule has 2 rings (SSSR count). The molecule has 0 spiro atoms. The van der Waals surface area contributed by atoms with Crippen LogP contribution in [0.1, 0.15) is 17.2 Å². The predicted octanol–water partition coefficient (Wildman–Crippen LogP) is 2.17. The van der Waals surface area contributed by atoms with Crippen molar-refractivity contribution < 1.29 is 13.5 Å². The number of hydrogen-bond acceptors (Lipinski definition) is 3. The molecule has 18 heavy (non-hydrogen) atoms. The van der Waals surface area contributed by atoms with Gasteiger partial charge in [-0.2, -0.15) is 0 Å². The van der Waals surface area contributed by atoms with Crippen molar-refractivity contribution in [1.82, 2.24) is 0 Å². The summed E-state index contributed by atoms with van der Waals surface area (Å²) in [6, 6.07) is 15.5. The summed E-state index contributed by atoms with van der Waals surface area (Å²) in [6.45, 7) is 0. The minimum atomic E-state index is -3.25. The van der Waals surface area contributed by atoms with Gasteiger partial charge in [0.15, 0.2) is 9.84 Å². The number of benzene rings is 2. The maximum atomic E-state index is 11.5. The van der Waals surface area contributed by atoms with Gasteiger partial charge in [0, 0.05) is 6.26 Å².